The van der Waals surface area contributed by atoms with Gasteiger partial charge in [-0.3, -0.25) is 0 Å². The van der Waals surface area contributed by atoms with Crippen LogP contribution in [0.5, 0.6) is 0 Å². The van der Waals surface area contributed by atoms with Crippen LogP contribution >= 0.6 is 0 Å². The summed E-state index contributed by atoms with van der Waals surface area (Å²) in [4.78, 5) is -0.180. The topological polar surface area (TPSA) is 72.2 Å². The Balaban J connectivity index is 2.13. The van der Waals surface area contributed by atoms with E-state index in [0.29, 0.717) is 12.8 Å². The second kappa shape index (κ2) is 4.77. The minimum absolute atomic E-state index is 0.0136. The first-order chi connectivity index (χ1) is 8.68. The molecule has 1 aliphatic rings. The Morgan fingerprint density at radius 1 is 1.16 bits per heavy atom. The minimum atomic E-state index is -4.48. The van der Waals surface area contributed by atoms with Gasteiger partial charge in [-0.25, -0.2) is 13.1 Å². The molecule has 1 saturated carbocycles. The van der Waals surface area contributed by atoms with E-state index in [0.717, 1.165) is 24.3 Å². The van der Waals surface area contributed by atoms with E-state index in [4.69, 9.17) is 5.73 Å². The van der Waals surface area contributed by atoms with Gasteiger partial charge >= 0.3 is 6.18 Å². The van der Waals surface area contributed by atoms with Gasteiger partial charge in [-0.1, -0.05) is 0 Å². The molecule has 1 aliphatic carbocycles. The summed E-state index contributed by atoms with van der Waals surface area (Å²) in [6.07, 6.45) is -3.39. The lowest BCUT2D eigenvalue weighted by molar-refractivity contribution is -0.137. The molecule has 0 atom stereocenters. The molecule has 0 radical (unpaired) electrons. The van der Waals surface area contributed by atoms with Crippen molar-refractivity contribution in [1.29, 1.82) is 0 Å². The fourth-order valence-electron chi connectivity index (χ4n) is 1.87. The second-order valence-electron chi connectivity index (χ2n) is 4.57. The predicted molar refractivity (Wildman–Crippen MR) is 62.8 cm³/mol. The molecule has 0 spiro atoms. The molecule has 19 heavy (non-hydrogen) atoms. The number of sulfonamides is 1. The molecule has 0 amide bonds. The van der Waals surface area contributed by atoms with Crippen LogP contribution in [0.1, 0.15) is 18.4 Å². The van der Waals surface area contributed by atoms with E-state index in [1.807, 2.05) is 0 Å². The van der Waals surface area contributed by atoms with Crippen molar-refractivity contribution in [3.63, 3.8) is 0 Å². The van der Waals surface area contributed by atoms with Crippen LogP contribution in [-0.2, 0) is 16.2 Å². The number of hydrogen-bond donors (Lipinski definition) is 2. The highest BCUT2D eigenvalue weighted by atomic mass is 32.2. The zero-order valence-corrected chi connectivity index (χ0v) is 10.6. The quantitative estimate of drug-likeness (QED) is 0.887. The summed E-state index contributed by atoms with van der Waals surface area (Å²) in [6, 6.07) is 3.15. The van der Waals surface area contributed by atoms with Crippen molar-refractivity contribution >= 4 is 10.0 Å². The standard InChI is InChI=1S/C11H13F3N2O2S/c12-11(13,14)7-1-3-10(4-2-7)19(17,18)16-9-5-8(15)6-9/h1-4,8-9,16H,5-6,15H2. The molecule has 0 saturated heterocycles. The van der Waals surface area contributed by atoms with E-state index < -0.39 is 21.8 Å². The van der Waals surface area contributed by atoms with Crippen LogP contribution in [0.2, 0.25) is 0 Å². The molecule has 106 valence electrons. The van der Waals surface area contributed by atoms with Crippen molar-refractivity contribution in [2.24, 2.45) is 5.73 Å². The molecule has 0 unspecified atom stereocenters. The lowest BCUT2D eigenvalue weighted by Gasteiger charge is -2.32. The van der Waals surface area contributed by atoms with Crippen molar-refractivity contribution in [1.82, 2.24) is 4.72 Å². The molecule has 1 aromatic rings. The van der Waals surface area contributed by atoms with Crippen molar-refractivity contribution in [3.8, 4) is 0 Å². The summed E-state index contributed by atoms with van der Waals surface area (Å²) in [6.45, 7) is 0. The van der Waals surface area contributed by atoms with Gasteiger partial charge in [-0.2, -0.15) is 13.2 Å². The van der Waals surface area contributed by atoms with Gasteiger partial charge in [0.25, 0.3) is 0 Å². The highest BCUT2D eigenvalue weighted by molar-refractivity contribution is 7.89. The Labute approximate surface area is 108 Å². The molecule has 0 aliphatic heterocycles. The number of nitrogens with two attached hydrogens (primary N) is 1. The van der Waals surface area contributed by atoms with Crippen molar-refractivity contribution < 1.29 is 21.6 Å². The van der Waals surface area contributed by atoms with Gasteiger partial charge in [0.2, 0.25) is 10.0 Å². The van der Waals surface area contributed by atoms with E-state index in [9.17, 15) is 21.6 Å². The third-order valence-electron chi connectivity index (χ3n) is 2.99. The number of benzene rings is 1. The van der Waals surface area contributed by atoms with Crippen LogP contribution in [-0.4, -0.2) is 20.5 Å². The maximum Gasteiger partial charge on any atom is 0.416 e. The third kappa shape index (κ3) is 3.26. The van der Waals surface area contributed by atoms with Gasteiger partial charge < -0.3 is 5.73 Å². The molecule has 4 nitrogen and oxygen atoms in total. The number of rotatable bonds is 3. The number of alkyl halides is 3. The largest absolute Gasteiger partial charge is 0.416 e. The molecule has 8 heteroatoms. The second-order valence-corrected chi connectivity index (χ2v) is 6.29. The van der Waals surface area contributed by atoms with Gasteiger partial charge in [-0.05, 0) is 37.1 Å². The molecule has 1 aromatic carbocycles. The number of nitrogens with one attached hydrogen (secondary N) is 1. The fourth-order valence-corrected chi connectivity index (χ4v) is 3.13. The Morgan fingerprint density at radius 3 is 2.11 bits per heavy atom. The monoisotopic (exact) mass is 294 g/mol. The van der Waals surface area contributed by atoms with Crippen LogP contribution in [0.4, 0.5) is 13.2 Å². The normalized spacial score (nSPS) is 24.0. The zero-order chi connectivity index (χ0) is 14.3. The Bertz CT molecular complexity index is 548. The Morgan fingerprint density at radius 2 is 1.68 bits per heavy atom. The van der Waals surface area contributed by atoms with E-state index in [1.165, 1.54) is 0 Å². The summed E-state index contributed by atoms with van der Waals surface area (Å²) in [5, 5.41) is 0. The zero-order valence-electron chi connectivity index (χ0n) is 9.81. The van der Waals surface area contributed by atoms with Crippen LogP contribution in [0, 0.1) is 0 Å². The fraction of sp³-hybridized carbons (Fsp3) is 0.455. The first-order valence-electron chi connectivity index (χ1n) is 5.63. The van der Waals surface area contributed by atoms with Crippen LogP contribution in [0.15, 0.2) is 29.2 Å². The van der Waals surface area contributed by atoms with E-state index in [2.05, 4.69) is 4.72 Å². The lowest BCUT2D eigenvalue weighted by atomic mass is 9.89. The van der Waals surface area contributed by atoms with Gasteiger partial charge in [0, 0.05) is 12.1 Å². The molecular weight excluding hydrogens is 281 g/mol. The molecular formula is C11H13F3N2O2S. The SMILES string of the molecule is NC1CC(NS(=O)(=O)c2ccc(C(F)(F)F)cc2)C1. The van der Waals surface area contributed by atoms with Gasteiger partial charge in [0.05, 0.1) is 10.5 Å². The maximum atomic E-state index is 12.4. The van der Waals surface area contributed by atoms with Crippen molar-refractivity contribution in [2.45, 2.75) is 36.0 Å². The molecule has 1 fully saturated rings. The van der Waals surface area contributed by atoms with Crippen LogP contribution in [0.25, 0.3) is 0 Å². The molecule has 0 heterocycles. The first-order valence-corrected chi connectivity index (χ1v) is 7.12. The Hall–Kier alpha value is -1.12. The highest BCUT2D eigenvalue weighted by Crippen LogP contribution is 2.30. The van der Waals surface area contributed by atoms with E-state index in [1.54, 1.807) is 0 Å². The molecule has 3 N–H and O–H groups in total. The smallest absolute Gasteiger partial charge is 0.328 e. The highest BCUT2D eigenvalue weighted by Gasteiger charge is 2.32. The van der Waals surface area contributed by atoms with Gasteiger partial charge in [0.15, 0.2) is 0 Å². The Kier molecular flexibility index (Phi) is 3.59. The number of halogens is 3. The molecule has 2 rings (SSSR count). The average molecular weight is 294 g/mol. The first kappa shape index (κ1) is 14.3. The summed E-state index contributed by atoms with van der Waals surface area (Å²) in [7, 11) is -3.78. The van der Waals surface area contributed by atoms with Gasteiger partial charge in [-0.15, -0.1) is 0 Å². The van der Waals surface area contributed by atoms with Crippen molar-refractivity contribution in [2.75, 3.05) is 0 Å². The van der Waals surface area contributed by atoms with E-state index in [-0.39, 0.29) is 17.0 Å². The van der Waals surface area contributed by atoms with Crippen LogP contribution in [0.3, 0.4) is 0 Å². The third-order valence-corrected chi connectivity index (χ3v) is 4.52. The molecule has 0 bridgehead atoms. The minimum Gasteiger partial charge on any atom is -0.328 e. The maximum absolute atomic E-state index is 12.4. The van der Waals surface area contributed by atoms with Crippen LogP contribution < -0.4 is 10.5 Å². The average Bonchev–Trinajstić information content (AvgIpc) is 2.26. The summed E-state index contributed by atoms with van der Waals surface area (Å²) >= 11 is 0. The predicted octanol–water partition coefficient (Wildman–Crippen LogP) is 1.47. The van der Waals surface area contributed by atoms with Crippen molar-refractivity contribution in [3.05, 3.63) is 29.8 Å². The number of hydrogen-bond acceptors (Lipinski definition) is 3. The van der Waals surface area contributed by atoms with Gasteiger partial charge in [0.1, 0.15) is 0 Å². The summed E-state index contributed by atoms with van der Waals surface area (Å²) in [5.41, 5.74) is 4.66. The lowest BCUT2D eigenvalue weighted by Crippen LogP contribution is -2.50. The molecule has 0 aromatic heterocycles. The summed E-state index contributed by atoms with van der Waals surface area (Å²) < 4.78 is 63.2. The van der Waals surface area contributed by atoms with E-state index >= 15 is 0 Å². The summed E-state index contributed by atoms with van der Waals surface area (Å²) in [5.74, 6) is 0.